The highest BCUT2D eigenvalue weighted by Crippen LogP contribution is 2.33. The highest BCUT2D eigenvalue weighted by atomic mass is 35.5. The van der Waals surface area contributed by atoms with E-state index < -0.39 is 0 Å². The predicted octanol–water partition coefficient (Wildman–Crippen LogP) is 2.74. The lowest BCUT2D eigenvalue weighted by atomic mass is 10.2. The van der Waals surface area contributed by atoms with Gasteiger partial charge in [-0.15, -0.1) is 10.2 Å². The summed E-state index contributed by atoms with van der Waals surface area (Å²) in [5, 5.41) is 8.72. The Hall–Kier alpha value is -0.830. The van der Waals surface area contributed by atoms with Crippen molar-refractivity contribution in [2.75, 3.05) is 11.4 Å². The van der Waals surface area contributed by atoms with Gasteiger partial charge in [0.15, 0.2) is 11.0 Å². The van der Waals surface area contributed by atoms with Crippen molar-refractivity contribution >= 4 is 17.4 Å². The topological polar surface area (TPSA) is 29.0 Å². The summed E-state index contributed by atoms with van der Waals surface area (Å²) >= 11 is 5.94. The van der Waals surface area contributed by atoms with Gasteiger partial charge in [-0.2, -0.15) is 0 Å². The largest absolute Gasteiger partial charge is 0.352 e. The van der Waals surface area contributed by atoms with E-state index in [1.807, 2.05) is 6.92 Å². The number of rotatable bonds is 3. The zero-order valence-electron chi connectivity index (χ0n) is 9.42. The molecule has 82 valence electrons. The standard InChI is InChI=1S/C11H16ClN3/c1-4-15(9-5-6-9)11-8(3)7(2)10(12)13-14-11/h9H,4-6H2,1-3H3. The minimum Gasteiger partial charge on any atom is -0.352 e. The van der Waals surface area contributed by atoms with Gasteiger partial charge >= 0.3 is 0 Å². The molecule has 1 aliphatic carbocycles. The van der Waals surface area contributed by atoms with Crippen molar-refractivity contribution in [3.8, 4) is 0 Å². The van der Waals surface area contributed by atoms with Crippen LogP contribution in [0.5, 0.6) is 0 Å². The second-order valence-corrected chi connectivity index (χ2v) is 4.44. The van der Waals surface area contributed by atoms with Crippen molar-refractivity contribution < 1.29 is 0 Å². The van der Waals surface area contributed by atoms with E-state index in [1.165, 1.54) is 12.8 Å². The summed E-state index contributed by atoms with van der Waals surface area (Å²) in [4.78, 5) is 2.33. The van der Waals surface area contributed by atoms with E-state index in [1.54, 1.807) is 0 Å². The van der Waals surface area contributed by atoms with Gasteiger partial charge in [-0.1, -0.05) is 11.6 Å². The van der Waals surface area contributed by atoms with Gasteiger partial charge in [0.25, 0.3) is 0 Å². The second-order valence-electron chi connectivity index (χ2n) is 4.08. The third kappa shape index (κ3) is 1.93. The van der Waals surface area contributed by atoms with E-state index in [2.05, 4.69) is 28.9 Å². The molecule has 4 heteroatoms. The molecule has 2 rings (SSSR count). The normalized spacial score (nSPS) is 15.5. The van der Waals surface area contributed by atoms with E-state index in [0.29, 0.717) is 11.2 Å². The fourth-order valence-electron chi connectivity index (χ4n) is 1.80. The Morgan fingerprint density at radius 1 is 1.27 bits per heavy atom. The third-order valence-corrected chi connectivity index (χ3v) is 3.40. The molecule has 0 N–H and O–H groups in total. The molecule has 0 atom stereocenters. The first-order chi connectivity index (χ1) is 7.15. The molecule has 0 unspecified atom stereocenters. The highest BCUT2D eigenvalue weighted by Gasteiger charge is 2.30. The number of nitrogens with zero attached hydrogens (tertiary/aromatic N) is 3. The van der Waals surface area contributed by atoms with Gasteiger partial charge in [-0.25, -0.2) is 0 Å². The summed E-state index contributed by atoms with van der Waals surface area (Å²) in [5.74, 6) is 1.00. The van der Waals surface area contributed by atoms with Crippen LogP contribution in [0.2, 0.25) is 5.15 Å². The first-order valence-electron chi connectivity index (χ1n) is 5.41. The molecule has 0 amide bonds. The number of anilines is 1. The zero-order valence-corrected chi connectivity index (χ0v) is 10.2. The Morgan fingerprint density at radius 2 is 1.93 bits per heavy atom. The fourth-order valence-corrected chi connectivity index (χ4v) is 1.98. The minimum absolute atomic E-state index is 0.517. The average molecular weight is 226 g/mol. The molecule has 1 aromatic heterocycles. The molecule has 0 bridgehead atoms. The summed E-state index contributed by atoms with van der Waals surface area (Å²) in [5.41, 5.74) is 2.20. The first-order valence-corrected chi connectivity index (χ1v) is 5.79. The van der Waals surface area contributed by atoms with Crippen molar-refractivity contribution in [2.45, 2.75) is 39.7 Å². The molecule has 0 radical (unpaired) electrons. The van der Waals surface area contributed by atoms with Crippen LogP contribution in [0.3, 0.4) is 0 Å². The summed E-state index contributed by atoms with van der Waals surface area (Å²) < 4.78 is 0. The summed E-state index contributed by atoms with van der Waals surface area (Å²) in [6.45, 7) is 7.21. The van der Waals surface area contributed by atoms with Gasteiger partial charge in [-0.05, 0) is 44.7 Å². The summed E-state index contributed by atoms with van der Waals surface area (Å²) in [6, 6.07) is 0.670. The SMILES string of the molecule is CCN(c1nnc(Cl)c(C)c1C)C1CC1. The van der Waals surface area contributed by atoms with Crippen LogP contribution in [0.15, 0.2) is 0 Å². The van der Waals surface area contributed by atoms with Crippen molar-refractivity contribution in [1.29, 1.82) is 0 Å². The monoisotopic (exact) mass is 225 g/mol. The van der Waals surface area contributed by atoms with Crippen LogP contribution >= 0.6 is 11.6 Å². The number of hydrogen-bond acceptors (Lipinski definition) is 3. The Bertz CT molecular complexity index is 374. The van der Waals surface area contributed by atoms with Crippen LogP contribution in [0, 0.1) is 13.8 Å². The molecule has 0 aromatic carbocycles. The van der Waals surface area contributed by atoms with E-state index >= 15 is 0 Å². The molecule has 0 aliphatic heterocycles. The Kier molecular flexibility index (Phi) is 2.83. The molecule has 1 saturated carbocycles. The lowest BCUT2D eigenvalue weighted by Crippen LogP contribution is -2.27. The fraction of sp³-hybridized carbons (Fsp3) is 0.636. The number of aromatic nitrogens is 2. The highest BCUT2D eigenvalue weighted by molar-refractivity contribution is 6.30. The van der Waals surface area contributed by atoms with Crippen LogP contribution in [-0.2, 0) is 0 Å². The van der Waals surface area contributed by atoms with Crippen molar-refractivity contribution in [2.24, 2.45) is 0 Å². The van der Waals surface area contributed by atoms with E-state index in [0.717, 1.165) is 23.5 Å². The van der Waals surface area contributed by atoms with E-state index in [4.69, 9.17) is 11.6 Å². The third-order valence-electron chi connectivity index (χ3n) is 3.04. The molecular weight excluding hydrogens is 210 g/mol. The first kappa shape index (κ1) is 10.7. The van der Waals surface area contributed by atoms with Crippen LogP contribution < -0.4 is 4.90 Å². The predicted molar refractivity (Wildman–Crippen MR) is 62.6 cm³/mol. The minimum atomic E-state index is 0.517. The van der Waals surface area contributed by atoms with Crippen molar-refractivity contribution in [1.82, 2.24) is 10.2 Å². The van der Waals surface area contributed by atoms with Gasteiger partial charge in [0.05, 0.1) is 0 Å². The molecule has 0 saturated heterocycles. The lowest BCUT2D eigenvalue weighted by molar-refractivity contribution is 0.783. The Labute approximate surface area is 95.5 Å². The average Bonchev–Trinajstić information content (AvgIpc) is 3.03. The quantitative estimate of drug-likeness (QED) is 0.792. The van der Waals surface area contributed by atoms with Gasteiger partial charge in [-0.3, -0.25) is 0 Å². The molecule has 1 aromatic rings. The molecule has 1 fully saturated rings. The van der Waals surface area contributed by atoms with Gasteiger partial charge in [0.1, 0.15) is 0 Å². The van der Waals surface area contributed by atoms with E-state index in [-0.39, 0.29) is 0 Å². The zero-order chi connectivity index (χ0) is 11.0. The molecule has 0 spiro atoms. The van der Waals surface area contributed by atoms with Crippen molar-refractivity contribution in [3.63, 3.8) is 0 Å². The number of halogens is 1. The second kappa shape index (κ2) is 3.97. The van der Waals surface area contributed by atoms with Crippen LogP contribution in [0.1, 0.15) is 30.9 Å². The Morgan fingerprint density at radius 3 is 2.47 bits per heavy atom. The smallest absolute Gasteiger partial charge is 0.155 e. The van der Waals surface area contributed by atoms with Crippen LogP contribution in [0.25, 0.3) is 0 Å². The van der Waals surface area contributed by atoms with E-state index in [9.17, 15) is 0 Å². The lowest BCUT2D eigenvalue weighted by Gasteiger charge is -2.23. The molecule has 1 heterocycles. The van der Waals surface area contributed by atoms with Gasteiger partial charge in [0, 0.05) is 12.6 Å². The number of hydrogen-bond donors (Lipinski definition) is 0. The molecule has 1 aliphatic rings. The Balaban J connectivity index is 2.38. The molecule has 15 heavy (non-hydrogen) atoms. The molecular formula is C11H16ClN3. The summed E-state index contributed by atoms with van der Waals surface area (Å²) in [6.07, 6.45) is 2.55. The summed E-state index contributed by atoms with van der Waals surface area (Å²) in [7, 11) is 0. The maximum atomic E-state index is 5.94. The maximum Gasteiger partial charge on any atom is 0.155 e. The maximum absolute atomic E-state index is 5.94. The van der Waals surface area contributed by atoms with Gasteiger partial charge in [0.2, 0.25) is 0 Å². The van der Waals surface area contributed by atoms with Gasteiger partial charge < -0.3 is 4.90 Å². The van der Waals surface area contributed by atoms with Crippen molar-refractivity contribution in [3.05, 3.63) is 16.3 Å². The molecule has 3 nitrogen and oxygen atoms in total. The van der Waals surface area contributed by atoms with Crippen LogP contribution in [-0.4, -0.2) is 22.8 Å². The van der Waals surface area contributed by atoms with Crippen LogP contribution in [0.4, 0.5) is 5.82 Å².